The molecule has 56 nitrogen and oxygen atoms in total. The lowest BCUT2D eigenvalue weighted by Gasteiger charge is -2.25. The topological polar surface area (TPSA) is 805 Å². The molecule has 0 aromatic carbocycles. The van der Waals surface area contributed by atoms with Gasteiger partial charge in [-0.3, -0.25) is 113 Å². The van der Waals surface area contributed by atoms with Crippen molar-refractivity contribution in [3.8, 4) is 12.1 Å². The Labute approximate surface area is 698 Å². The minimum Gasteiger partial charge on any atom is -0.369 e. The van der Waals surface area contributed by atoms with Gasteiger partial charge in [0.05, 0.1) is 83.6 Å². The van der Waals surface area contributed by atoms with Gasteiger partial charge in [-0.25, -0.2) is 24.1 Å². The van der Waals surface area contributed by atoms with Crippen molar-refractivity contribution < 1.29 is 159 Å². The maximum absolute atomic E-state index is 13.7. The summed E-state index contributed by atoms with van der Waals surface area (Å²) in [5, 5.41) is 22.5. The lowest BCUT2D eigenvalue weighted by Crippen LogP contribution is -2.29. The number of aromatic nitrogens is 12. The van der Waals surface area contributed by atoms with Gasteiger partial charge in [0.25, 0.3) is 16.7 Å². The van der Waals surface area contributed by atoms with Gasteiger partial charge in [0.1, 0.15) is 61.9 Å². The average molecular weight is 1930 g/mol. The molecule has 0 bridgehead atoms. The predicted octanol–water partition coefficient (Wildman–Crippen LogP) is 3.46. The van der Waals surface area contributed by atoms with Crippen molar-refractivity contribution >= 4 is 133 Å². The second-order valence-electron chi connectivity index (χ2n) is 27.9. The number of rotatable bonds is 44. The summed E-state index contributed by atoms with van der Waals surface area (Å²) in [5.74, 6) is -6.50. The summed E-state index contributed by atoms with van der Waals surface area (Å²) in [6.45, 7) is 4.88. The van der Waals surface area contributed by atoms with Crippen molar-refractivity contribution in [1.82, 2.24) is 68.4 Å². The molecule has 17 N–H and O–H groups in total. The molecule has 6 aromatic heterocycles. The van der Waals surface area contributed by atoms with E-state index in [4.69, 9.17) is 105 Å². The number of fused-ring (bicyclic) bond motifs is 3. The molecule has 0 spiro atoms. The Morgan fingerprint density at radius 3 is 1.28 bits per heavy atom. The van der Waals surface area contributed by atoms with Gasteiger partial charge >= 0.3 is 69.5 Å². The molecule has 15 atom stereocenters. The highest BCUT2D eigenvalue weighted by atomic mass is 31.3. The lowest BCUT2D eigenvalue weighted by molar-refractivity contribution is -0.119. The minimum absolute atomic E-state index is 0. The van der Waals surface area contributed by atoms with E-state index in [2.05, 4.69) is 55.5 Å². The number of nitrogens with one attached hydrogen (secondary N) is 5. The van der Waals surface area contributed by atoms with Crippen LogP contribution in [0.3, 0.4) is 0 Å². The summed E-state index contributed by atoms with van der Waals surface area (Å²) in [4.78, 5) is 191. The molecule has 690 valence electrons. The van der Waals surface area contributed by atoms with Gasteiger partial charge < -0.3 is 92.2 Å². The van der Waals surface area contributed by atoms with Crippen LogP contribution in [0.2, 0.25) is 0 Å². The second kappa shape index (κ2) is 45.6. The monoisotopic (exact) mass is 1930 g/mol. The number of imidazole rings is 3. The third-order valence-corrected chi connectivity index (χ3v) is 30.1. The largest absolute Gasteiger partial charge is 0.697 e. The van der Waals surface area contributed by atoms with E-state index in [1.165, 1.54) is 32.7 Å². The van der Waals surface area contributed by atoms with E-state index in [9.17, 15) is 84.6 Å². The second-order valence-corrected chi connectivity index (χ2v) is 43.8. The van der Waals surface area contributed by atoms with E-state index in [1.807, 2.05) is 44.1 Å². The van der Waals surface area contributed by atoms with Crippen LogP contribution in [0.5, 0.6) is 0 Å². The third-order valence-electron chi connectivity index (χ3n) is 16.4. The fourth-order valence-corrected chi connectivity index (χ4v) is 21.8. The number of hydrogen-bond donors (Lipinski definition) is 16. The molecule has 3 fully saturated rings. The van der Waals surface area contributed by atoms with Crippen LogP contribution in [-0.2, 0) is 110 Å². The first-order valence-electron chi connectivity index (χ1n) is 36.0. The fraction of sp³-hybridized carbons (Fsp3) is 0.672. The number of amides is 2. The predicted molar refractivity (Wildman–Crippen MR) is 426 cm³/mol. The van der Waals surface area contributed by atoms with Crippen molar-refractivity contribution in [1.29, 1.82) is 10.5 Å². The normalized spacial score (nSPS) is 22.0. The molecule has 15 unspecified atom stereocenters. The van der Waals surface area contributed by atoms with E-state index in [0.717, 1.165) is 0 Å². The van der Waals surface area contributed by atoms with Gasteiger partial charge in [0.2, 0.25) is 29.7 Å². The Balaban J connectivity index is 0.000000286. The minimum atomic E-state index is -4.95. The Morgan fingerprint density at radius 2 is 0.894 bits per heavy atom. The Bertz CT molecular complexity index is 5330. The van der Waals surface area contributed by atoms with Gasteiger partial charge in [-0.1, -0.05) is 35.1 Å². The summed E-state index contributed by atoms with van der Waals surface area (Å²) < 4.78 is 182. The molecule has 123 heavy (non-hydrogen) atoms. The molecule has 0 saturated carbocycles. The standard InChI is InChI=1S/C23H38N7O13P3.C18H25N6O12P3.C16H29N6O12P3.CH4/c1-15(2)21(31)27-23-26-20-19(22(32)28-23)25-13-30(20)18-11-16(17(42-18)12-41-45(36,37)14-44(33,34)35)43-46(38,39-9-5-7-24)40-10-6-8-29(3)4;1-10(2)16(25)22-18-21-15-14(17(26)23-18)20-8-24(15)13-6-11(36-37(27)33-5-3-4-19)12(35-13)7-34-39(31,32)9-38(28,29)30;1-21(2)4-3-5-31-37(29,30)34-10-6-12(22-8-18-13-14(22)19-16(17)20-15(13)23)33-11(10)7-32-36(27,28)9-35(24,25)26;/h13,15-18H,5-6,8-12,14H2,1-4H3,(H,36,37)(H2,33,34,35)(H2,26,27,28,31,32);8,10-13H,3,5-7,9H2,1-2H3,(H4-,21,22,23,25,26,28,29,30,31,32);8,10-12H,3-7,9H2,1-2H3,(H,27,28)(H,29,30)(H2,24,25,26)(H3,17,19,20,23);1H4/p+1. The Kier molecular flexibility index (Phi) is 39.1. The molecular formula is C58H97N19O37P9+. The van der Waals surface area contributed by atoms with Crippen LogP contribution >= 0.6 is 69.5 Å². The van der Waals surface area contributed by atoms with Gasteiger partial charge in [-0.05, 0) is 54.1 Å². The highest BCUT2D eigenvalue weighted by molar-refractivity contribution is 7.71. The molecule has 3 aliphatic heterocycles. The number of nitrogens with two attached hydrogens (primary N) is 1. The molecule has 6 aromatic rings. The third kappa shape index (κ3) is 34.0. The molecule has 65 heteroatoms. The summed E-state index contributed by atoms with van der Waals surface area (Å²) in [5.41, 5.74) is 3.42. The highest BCUT2D eigenvalue weighted by Gasteiger charge is 2.49. The van der Waals surface area contributed by atoms with E-state index in [0.29, 0.717) is 25.9 Å². The number of phosphoric ester groups is 2. The summed E-state index contributed by atoms with van der Waals surface area (Å²) in [6, 6.07) is 3.65. The molecule has 2 amide bonds. The van der Waals surface area contributed by atoms with E-state index in [1.54, 1.807) is 33.8 Å². The highest BCUT2D eigenvalue weighted by Crippen LogP contribution is 2.60. The van der Waals surface area contributed by atoms with Crippen molar-refractivity contribution in [3.63, 3.8) is 0 Å². The smallest absolute Gasteiger partial charge is 0.369 e. The zero-order chi connectivity index (χ0) is 90.8. The van der Waals surface area contributed by atoms with Crippen LogP contribution in [0.1, 0.15) is 98.8 Å². The summed E-state index contributed by atoms with van der Waals surface area (Å²) in [6.07, 6.45) is -6.54. The number of H-pyrrole nitrogens is 3. The zero-order valence-electron chi connectivity index (χ0n) is 65.9. The Morgan fingerprint density at radius 1 is 0.545 bits per heavy atom. The quantitative estimate of drug-likeness (QED) is 0.0192. The molecule has 3 aliphatic rings. The molecular weight excluding hydrogens is 1830 g/mol. The van der Waals surface area contributed by atoms with E-state index in [-0.39, 0.29) is 117 Å². The van der Waals surface area contributed by atoms with Crippen LogP contribution < -0.4 is 33.0 Å². The van der Waals surface area contributed by atoms with E-state index < -0.39 is 203 Å². The number of nitrogen functional groups attached to an aromatic ring is 1. The van der Waals surface area contributed by atoms with Gasteiger partial charge in [0.15, 0.2) is 51.2 Å². The molecule has 9 heterocycles. The van der Waals surface area contributed by atoms with Crippen molar-refractivity contribution in [2.75, 3.05) is 122 Å². The number of phosphoric acid groups is 2. The number of ether oxygens (including phenoxy) is 3. The van der Waals surface area contributed by atoms with Crippen molar-refractivity contribution in [3.05, 3.63) is 50.0 Å². The maximum Gasteiger partial charge on any atom is 0.697 e. The van der Waals surface area contributed by atoms with Crippen LogP contribution in [-0.4, -0.2) is 271 Å². The molecule has 0 aliphatic carbocycles. The summed E-state index contributed by atoms with van der Waals surface area (Å²) in [7, 11) is -33.6. The number of anilines is 3. The van der Waals surface area contributed by atoms with Crippen LogP contribution in [0.25, 0.3) is 33.5 Å². The van der Waals surface area contributed by atoms with Crippen LogP contribution in [0.4, 0.5) is 17.8 Å². The van der Waals surface area contributed by atoms with Gasteiger partial charge in [0, 0.05) is 35.7 Å². The van der Waals surface area contributed by atoms with Crippen LogP contribution in [0, 0.1) is 34.5 Å². The van der Waals surface area contributed by atoms with Gasteiger partial charge in [-0.2, -0.15) is 25.5 Å². The number of hydrogen-bond acceptors (Lipinski definition) is 38. The first kappa shape index (κ1) is 105. The van der Waals surface area contributed by atoms with E-state index >= 15 is 0 Å². The maximum atomic E-state index is 13.7. The zero-order valence-corrected chi connectivity index (χ0v) is 74.0. The Hall–Kier alpha value is -6.29. The van der Waals surface area contributed by atoms with Crippen LogP contribution in [0.15, 0.2) is 33.4 Å². The number of nitriles is 2. The number of carbonyl (C=O) groups excluding carboxylic acids is 2. The molecule has 9 rings (SSSR count). The molecule has 0 radical (unpaired) electrons. The molecule has 3 saturated heterocycles. The number of nitrogens with zero attached hydrogens (tertiary/aromatic N) is 13. The number of aromatic amines is 3. The first-order valence-corrected chi connectivity index (χ1v) is 50.7. The van der Waals surface area contributed by atoms with Crippen molar-refractivity contribution in [2.24, 2.45) is 11.8 Å². The number of carbonyl (C=O) groups is 2. The van der Waals surface area contributed by atoms with Gasteiger partial charge in [-0.15, -0.1) is 9.05 Å². The summed E-state index contributed by atoms with van der Waals surface area (Å²) >= 11 is 0. The van der Waals surface area contributed by atoms with Crippen molar-refractivity contribution in [2.45, 2.75) is 135 Å². The lowest BCUT2D eigenvalue weighted by atomic mass is 10.2. The SMILES string of the molecule is C.CC(C)C(=O)Nc1nc2c(ncn2C2CC(OP(=O)(OCCC#N)OCCCN(C)C)C(COP(=O)(O)CP(=O)(O)O)O2)c(=O)[nH]1.CC(C)C(=O)Nc1nc2c(ncn2C2CC(O[P+](=O)OCCC#N)C(COP(=O)(O)CP(=O)(O)O)O2)c(=O)[nH]1.CN(C)CCCOP(=O)(O)OC1CC(n2cnc3c(=O)[nH]c(N)nc32)OC1COP(=O)(O)CP(=O)(O)O. The fourth-order valence-electron chi connectivity index (χ4n) is 10.9. The average Bonchev–Trinajstić information content (AvgIpc) is 1.63. The first-order chi connectivity index (χ1) is 56.7.